The number of para-hydroxylation sites is 1. The lowest BCUT2D eigenvalue weighted by Crippen LogP contribution is -2.66. The minimum atomic E-state index is -0.842. The number of amides is 4. The summed E-state index contributed by atoms with van der Waals surface area (Å²) in [6, 6.07) is 16.1. The first kappa shape index (κ1) is 31.6. The highest BCUT2D eigenvalue weighted by Gasteiger charge is 2.52. The van der Waals surface area contributed by atoms with Crippen LogP contribution in [0.25, 0.3) is 10.2 Å². The third-order valence-corrected chi connectivity index (χ3v) is 9.68. The number of nitrogens with one attached hydrogen (secondary N) is 1. The van der Waals surface area contributed by atoms with Gasteiger partial charge < -0.3 is 26.0 Å². The van der Waals surface area contributed by atoms with E-state index in [9.17, 15) is 19.5 Å². The number of aromatic hydroxyl groups is 1. The van der Waals surface area contributed by atoms with E-state index in [4.69, 9.17) is 28.9 Å². The summed E-state index contributed by atoms with van der Waals surface area (Å²) in [6.07, 6.45) is 1.17. The number of aromatic nitrogens is 1. The van der Waals surface area contributed by atoms with Gasteiger partial charge in [-0.25, -0.2) is 9.78 Å². The van der Waals surface area contributed by atoms with E-state index in [0.717, 1.165) is 26.9 Å². The lowest BCUT2D eigenvalue weighted by molar-refractivity contribution is -0.157. The van der Waals surface area contributed by atoms with Crippen LogP contribution in [-0.4, -0.2) is 79.6 Å². The number of carbonyl (C=O) groups excluding carboxylic acids is 3. The first-order chi connectivity index (χ1) is 22.1. The number of thiazole rings is 1. The van der Waals surface area contributed by atoms with Gasteiger partial charge in [0.1, 0.15) is 18.0 Å². The Morgan fingerprint density at radius 2 is 1.89 bits per heavy atom. The Balaban J connectivity index is 1.31. The van der Waals surface area contributed by atoms with Crippen molar-refractivity contribution in [3.8, 4) is 5.75 Å². The standard InChI is InChI=1S/C32H31Cl2N7O4S/c1-2-12-39(32(45)36-15-20-8-11-23(33)24(34)13-20)40-18-28(43)41-25(14-19-6-9-22(42)10-7-19)30(44)38(17-27(40)41)16-21-4-3-5-26-29(21)37-31(35)46-26/h2-11,13,25,27,42H,1,12,14-18H2,(H2,35,37)(H,36,45)/t25-,27+/m0/s1. The predicted molar refractivity (Wildman–Crippen MR) is 178 cm³/mol. The van der Waals surface area contributed by atoms with E-state index < -0.39 is 18.2 Å². The van der Waals surface area contributed by atoms with Gasteiger partial charge in [0, 0.05) is 19.5 Å². The van der Waals surface area contributed by atoms with Gasteiger partial charge in [0.2, 0.25) is 11.8 Å². The van der Waals surface area contributed by atoms with E-state index >= 15 is 0 Å². The second-order valence-electron chi connectivity index (χ2n) is 11.1. The molecule has 4 amide bonds. The van der Waals surface area contributed by atoms with Crippen LogP contribution < -0.4 is 11.1 Å². The van der Waals surface area contributed by atoms with E-state index in [2.05, 4.69) is 16.9 Å². The second-order valence-corrected chi connectivity index (χ2v) is 13.0. The molecule has 4 aromatic rings. The zero-order chi connectivity index (χ0) is 32.5. The van der Waals surface area contributed by atoms with Crippen LogP contribution in [0.5, 0.6) is 5.75 Å². The first-order valence-corrected chi connectivity index (χ1v) is 16.1. The van der Waals surface area contributed by atoms with Crippen LogP contribution in [0.4, 0.5) is 9.93 Å². The SMILES string of the molecule is C=CCN(C(=O)NCc1ccc(Cl)c(Cl)c1)N1CC(=O)N2[C@@H](Cc3ccc(O)cc3)C(=O)N(Cc3cccc4sc(N)nc34)C[C@@H]21. The molecular weight excluding hydrogens is 649 g/mol. The molecule has 3 aromatic carbocycles. The topological polar surface area (TPSA) is 135 Å². The smallest absolute Gasteiger partial charge is 0.332 e. The van der Waals surface area contributed by atoms with Crippen molar-refractivity contribution in [2.75, 3.05) is 25.4 Å². The fourth-order valence-electron chi connectivity index (χ4n) is 5.95. The molecule has 238 valence electrons. The van der Waals surface area contributed by atoms with Crippen molar-refractivity contribution in [1.82, 2.24) is 30.1 Å². The summed E-state index contributed by atoms with van der Waals surface area (Å²) in [5.41, 5.74) is 9.08. The number of benzene rings is 3. The van der Waals surface area contributed by atoms with Crippen molar-refractivity contribution in [3.63, 3.8) is 0 Å². The summed E-state index contributed by atoms with van der Waals surface area (Å²) < 4.78 is 0.912. The normalized spacial score (nSPS) is 18.2. The van der Waals surface area contributed by atoms with Gasteiger partial charge in [-0.1, -0.05) is 70.9 Å². The predicted octanol–water partition coefficient (Wildman–Crippen LogP) is 4.63. The molecule has 6 rings (SSSR count). The Hall–Kier alpha value is -4.36. The molecule has 14 heteroatoms. The molecule has 0 saturated carbocycles. The summed E-state index contributed by atoms with van der Waals surface area (Å²) in [7, 11) is 0. The quantitative estimate of drug-likeness (QED) is 0.220. The largest absolute Gasteiger partial charge is 0.508 e. The number of fused-ring (bicyclic) bond motifs is 2. The maximum Gasteiger partial charge on any atom is 0.332 e. The minimum absolute atomic E-state index is 0.101. The molecule has 2 aliphatic heterocycles. The molecule has 0 spiro atoms. The summed E-state index contributed by atoms with van der Waals surface area (Å²) in [6.45, 7) is 4.41. The summed E-state index contributed by atoms with van der Waals surface area (Å²) >= 11 is 13.6. The molecule has 0 radical (unpaired) electrons. The zero-order valence-corrected chi connectivity index (χ0v) is 26.9. The lowest BCUT2D eigenvalue weighted by Gasteiger charge is -2.46. The molecule has 0 bridgehead atoms. The third-order valence-electron chi connectivity index (χ3n) is 8.09. The Morgan fingerprint density at radius 1 is 1.13 bits per heavy atom. The van der Waals surface area contributed by atoms with Gasteiger partial charge in [-0.2, -0.15) is 5.01 Å². The number of anilines is 1. The van der Waals surface area contributed by atoms with Crippen molar-refractivity contribution in [2.45, 2.75) is 31.7 Å². The van der Waals surface area contributed by atoms with E-state index in [1.165, 1.54) is 16.3 Å². The maximum atomic E-state index is 14.2. The Morgan fingerprint density at radius 3 is 2.63 bits per heavy atom. The summed E-state index contributed by atoms with van der Waals surface area (Å²) in [5, 5.41) is 17.1. The van der Waals surface area contributed by atoms with Crippen molar-refractivity contribution in [3.05, 3.63) is 100 Å². The number of hydrazine groups is 1. The molecule has 2 saturated heterocycles. The molecule has 0 aliphatic carbocycles. The van der Waals surface area contributed by atoms with Gasteiger partial charge in [-0.05, 0) is 47.0 Å². The van der Waals surface area contributed by atoms with Crippen molar-refractivity contribution in [2.24, 2.45) is 0 Å². The number of nitrogens with zero attached hydrogens (tertiary/aromatic N) is 5. The van der Waals surface area contributed by atoms with Gasteiger partial charge in [-0.15, -0.1) is 6.58 Å². The second kappa shape index (κ2) is 13.2. The minimum Gasteiger partial charge on any atom is -0.508 e. The molecule has 2 aliphatic rings. The van der Waals surface area contributed by atoms with Crippen LogP contribution in [0, 0.1) is 0 Å². The van der Waals surface area contributed by atoms with E-state index in [1.807, 2.05) is 18.2 Å². The fourth-order valence-corrected chi connectivity index (χ4v) is 7.05. The van der Waals surface area contributed by atoms with Crippen molar-refractivity contribution < 1.29 is 19.5 Å². The number of halogens is 2. The highest BCUT2D eigenvalue weighted by atomic mass is 35.5. The molecule has 3 heterocycles. The Kier molecular flexibility index (Phi) is 9.05. The van der Waals surface area contributed by atoms with Crippen LogP contribution in [-0.2, 0) is 29.1 Å². The maximum absolute atomic E-state index is 14.2. The summed E-state index contributed by atoms with van der Waals surface area (Å²) in [4.78, 5) is 49.3. The number of piperazine rings is 1. The number of rotatable bonds is 9. The molecule has 1 aromatic heterocycles. The zero-order valence-electron chi connectivity index (χ0n) is 24.6. The summed E-state index contributed by atoms with van der Waals surface area (Å²) in [5.74, 6) is -0.397. The van der Waals surface area contributed by atoms with Gasteiger partial charge >= 0.3 is 6.03 Å². The molecule has 46 heavy (non-hydrogen) atoms. The number of hydrogen-bond donors (Lipinski definition) is 3. The van der Waals surface area contributed by atoms with Crippen LogP contribution in [0.1, 0.15) is 16.7 Å². The Bertz CT molecular complexity index is 1820. The molecule has 2 atom stereocenters. The van der Waals surface area contributed by atoms with Gasteiger partial charge in [0.15, 0.2) is 5.13 Å². The molecule has 0 unspecified atom stereocenters. The number of nitrogens with two attached hydrogens (primary N) is 1. The fraction of sp³-hybridized carbons (Fsp3) is 0.250. The number of hydrogen-bond acceptors (Lipinski definition) is 8. The molecule has 11 nitrogen and oxygen atoms in total. The average Bonchev–Trinajstić information content (AvgIpc) is 3.58. The first-order valence-electron chi connectivity index (χ1n) is 14.5. The molecular formula is C32H31Cl2N7O4S. The van der Waals surface area contributed by atoms with Crippen LogP contribution in [0.3, 0.4) is 0 Å². The van der Waals surface area contributed by atoms with Crippen LogP contribution in [0.2, 0.25) is 10.0 Å². The lowest BCUT2D eigenvalue weighted by atomic mass is 9.99. The van der Waals surface area contributed by atoms with Crippen molar-refractivity contribution >= 4 is 67.7 Å². The van der Waals surface area contributed by atoms with Crippen LogP contribution >= 0.6 is 34.5 Å². The molecule has 4 N–H and O–H groups in total. The molecule has 2 fully saturated rings. The van der Waals surface area contributed by atoms with Crippen LogP contribution in [0.15, 0.2) is 73.3 Å². The Labute approximate surface area is 279 Å². The van der Waals surface area contributed by atoms with Gasteiger partial charge in [-0.3, -0.25) is 14.6 Å². The highest BCUT2D eigenvalue weighted by molar-refractivity contribution is 7.22. The van der Waals surface area contributed by atoms with E-state index in [-0.39, 0.29) is 56.7 Å². The number of phenols is 1. The monoisotopic (exact) mass is 679 g/mol. The highest BCUT2D eigenvalue weighted by Crippen LogP contribution is 2.33. The van der Waals surface area contributed by atoms with Crippen molar-refractivity contribution in [1.29, 1.82) is 0 Å². The van der Waals surface area contributed by atoms with Gasteiger partial charge in [0.25, 0.3) is 0 Å². The number of urea groups is 1. The number of phenolic OH excluding ortho intramolecular Hbond substituents is 1. The van der Waals surface area contributed by atoms with E-state index in [1.54, 1.807) is 63.3 Å². The average molecular weight is 681 g/mol. The number of carbonyl (C=O) groups is 3. The third kappa shape index (κ3) is 6.34. The van der Waals surface area contributed by atoms with Gasteiger partial charge in [0.05, 0.1) is 39.9 Å². The number of nitrogen functional groups attached to an aromatic ring is 1. The van der Waals surface area contributed by atoms with E-state index in [0.29, 0.717) is 15.2 Å².